The lowest BCUT2D eigenvalue weighted by Gasteiger charge is -2.09. The van der Waals surface area contributed by atoms with E-state index < -0.39 is 0 Å². The zero-order chi connectivity index (χ0) is 12.7. The molecule has 2 atom stereocenters. The molecule has 0 aromatic heterocycles. The van der Waals surface area contributed by atoms with E-state index in [2.05, 4.69) is 71.0 Å². The Morgan fingerprint density at radius 3 is 2.18 bits per heavy atom. The van der Waals surface area contributed by atoms with Crippen LogP contribution in [0.25, 0.3) is 6.08 Å². The Hall–Kier alpha value is -1.04. The van der Waals surface area contributed by atoms with Gasteiger partial charge in [0.2, 0.25) is 0 Å². The third-order valence-corrected chi connectivity index (χ3v) is 5.15. The summed E-state index contributed by atoms with van der Waals surface area (Å²) in [5.41, 5.74) is 3.60. The Labute approximate surface area is 106 Å². The molecule has 1 aliphatic carbocycles. The Balaban J connectivity index is 2.11. The molecular weight excluding hydrogens is 204 g/mol. The van der Waals surface area contributed by atoms with Gasteiger partial charge >= 0.3 is 0 Å². The van der Waals surface area contributed by atoms with Gasteiger partial charge in [0, 0.05) is 0 Å². The molecule has 1 aliphatic rings. The van der Waals surface area contributed by atoms with Gasteiger partial charge in [-0.1, -0.05) is 69.7 Å². The second-order valence-corrected chi connectivity index (χ2v) is 6.24. The quantitative estimate of drug-likeness (QED) is 0.676. The van der Waals surface area contributed by atoms with Gasteiger partial charge < -0.3 is 0 Å². The molecule has 17 heavy (non-hydrogen) atoms. The average Bonchev–Trinajstić information content (AvgIpc) is 2.73. The van der Waals surface area contributed by atoms with Crippen molar-refractivity contribution in [3.05, 3.63) is 41.5 Å². The minimum absolute atomic E-state index is 0.461. The van der Waals surface area contributed by atoms with E-state index in [9.17, 15) is 0 Å². The van der Waals surface area contributed by atoms with Crippen molar-refractivity contribution < 1.29 is 0 Å². The van der Waals surface area contributed by atoms with Crippen molar-refractivity contribution in [2.45, 2.75) is 41.0 Å². The standard InChI is InChI=1S/C17H24/c1-6-17(5)15(16(17,3)4)12-11-14-9-7-13(2)8-10-14/h7-12,15H,6H2,1-5H3. The summed E-state index contributed by atoms with van der Waals surface area (Å²) in [6.07, 6.45) is 5.96. The van der Waals surface area contributed by atoms with Gasteiger partial charge in [-0.15, -0.1) is 0 Å². The SMILES string of the molecule is CCC1(C)C(C=Cc2ccc(C)cc2)C1(C)C. The van der Waals surface area contributed by atoms with Gasteiger partial charge in [-0.05, 0) is 35.7 Å². The normalized spacial score (nSPS) is 30.8. The molecular formula is C17H24. The summed E-state index contributed by atoms with van der Waals surface area (Å²) in [6.45, 7) is 11.6. The van der Waals surface area contributed by atoms with E-state index in [4.69, 9.17) is 0 Å². The molecule has 0 heterocycles. The van der Waals surface area contributed by atoms with Crippen LogP contribution in [0.4, 0.5) is 0 Å². The van der Waals surface area contributed by atoms with Gasteiger partial charge in [0.05, 0.1) is 0 Å². The van der Waals surface area contributed by atoms with Crippen LogP contribution in [0.5, 0.6) is 0 Å². The van der Waals surface area contributed by atoms with Crippen LogP contribution < -0.4 is 0 Å². The van der Waals surface area contributed by atoms with Crippen LogP contribution in [0.15, 0.2) is 30.3 Å². The van der Waals surface area contributed by atoms with Crippen molar-refractivity contribution >= 4 is 6.08 Å². The number of benzene rings is 1. The van der Waals surface area contributed by atoms with Crippen molar-refractivity contribution in [2.24, 2.45) is 16.7 Å². The third-order valence-electron chi connectivity index (χ3n) is 5.15. The maximum atomic E-state index is 2.41. The summed E-state index contributed by atoms with van der Waals surface area (Å²) in [6, 6.07) is 8.75. The van der Waals surface area contributed by atoms with E-state index >= 15 is 0 Å². The minimum atomic E-state index is 0.461. The molecule has 0 heteroatoms. The lowest BCUT2D eigenvalue weighted by atomic mass is 9.96. The van der Waals surface area contributed by atoms with E-state index in [0.717, 1.165) is 5.92 Å². The van der Waals surface area contributed by atoms with Gasteiger partial charge in [0.15, 0.2) is 0 Å². The molecule has 2 unspecified atom stereocenters. The first-order chi connectivity index (χ1) is 7.91. The van der Waals surface area contributed by atoms with Crippen LogP contribution in [0, 0.1) is 23.7 Å². The molecule has 1 aromatic rings. The second-order valence-electron chi connectivity index (χ2n) is 6.24. The molecule has 0 aliphatic heterocycles. The highest BCUT2D eigenvalue weighted by molar-refractivity contribution is 5.51. The molecule has 1 aromatic carbocycles. The predicted molar refractivity (Wildman–Crippen MR) is 75.9 cm³/mol. The molecule has 0 amide bonds. The van der Waals surface area contributed by atoms with Gasteiger partial charge in [0.1, 0.15) is 0 Å². The molecule has 0 saturated heterocycles. The monoisotopic (exact) mass is 228 g/mol. The van der Waals surface area contributed by atoms with E-state index in [1.165, 1.54) is 17.5 Å². The summed E-state index contributed by atoms with van der Waals surface area (Å²) < 4.78 is 0. The highest BCUT2D eigenvalue weighted by Crippen LogP contribution is 2.71. The van der Waals surface area contributed by atoms with Crippen molar-refractivity contribution in [1.29, 1.82) is 0 Å². The first kappa shape index (κ1) is 12.4. The Morgan fingerprint density at radius 2 is 1.71 bits per heavy atom. The first-order valence-electron chi connectivity index (χ1n) is 6.66. The molecule has 92 valence electrons. The zero-order valence-electron chi connectivity index (χ0n) is 11.7. The molecule has 0 N–H and O–H groups in total. The Bertz CT molecular complexity index is 422. The van der Waals surface area contributed by atoms with Crippen LogP contribution in [0.2, 0.25) is 0 Å². The Kier molecular flexibility index (Phi) is 2.93. The maximum absolute atomic E-state index is 2.41. The smallest absolute Gasteiger partial charge is 0.0114 e. The van der Waals surface area contributed by atoms with E-state index in [1.807, 2.05) is 0 Å². The Morgan fingerprint density at radius 1 is 1.12 bits per heavy atom. The lowest BCUT2D eigenvalue weighted by molar-refractivity contribution is 0.405. The summed E-state index contributed by atoms with van der Waals surface area (Å²) in [4.78, 5) is 0. The summed E-state index contributed by atoms with van der Waals surface area (Å²) in [5.74, 6) is 0.723. The summed E-state index contributed by atoms with van der Waals surface area (Å²) in [7, 11) is 0. The summed E-state index contributed by atoms with van der Waals surface area (Å²) >= 11 is 0. The van der Waals surface area contributed by atoms with E-state index in [-0.39, 0.29) is 0 Å². The molecule has 0 nitrogen and oxygen atoms in total. The van der Waals surface area contributed by atoms with Gasteiger partial charge in [0.25, 0.3) is 0 Å². The fraction of sp³-hybridized carbons (Fsp3) is 0.529. The van der Waals surface area contributed by atoms with Crippen molar-refractivity contribution in [3.63, 3.8) is 0 Å². The van der Waals surface area contributed by atoms with Crippen LogP contribution in [0.3, 0.4) is 0 Å². The molecule has 0 bridgehead atoms. The number of allylic oxidation sites excluding steroid dienone is 1. The van der Waals surface area contributed by atoms with Crippen LogP contribution in [0.1, 0.15) is 45.2 Å². The van der Waals surface area contributed by atoms with Gasteiger partial charge in [-0.2, -0.15) is 0 Å². The number of hydrogen-bond acceptors (Lipinski definition) is 0. The summed E-state index contributed by atoms with van der Waals surface area (Å²) in [5, 5.41) is 0. The second kappa shape index (κ2) is 4.01. The van der Waals surface area contributed by atoms with Crippen molar-refractivity contribution in [2.75, 3.05) is 0 Å². The molecule has 1 saturated carbocycles. The van der Waals surface area contributed by atoms with E-state index in [1.54, 1.807) is 0 Å². The van der Waals surface area contributed by atoms with Gasteiger partial charge in [-0.25, -0.2) is 0 Å². The molecule has 0 radical (unpaired) electrons. The fourth-order valence-electron chi connectivity index (χ4n) is 3.13. The topological polar surface area (TPSA) is 0 Å². The number of rotatable bonds is 3. The third kappa shape index (κ3) is 1.94. The van der Waals surface area contributed by atoms with E-state index in [0.29, 0.717) is 10.8 Å². The fourth-order valence-corrected chi connectivity index (χ4v) is 3.13. The van der Waals surface area contributed by atoms with Crippen LogP contribution in [-0.2, 0) is 0 Å². The minimum Gasteiger partial charge on any atom is -0.0797 e. The molecule has 0 spiro atoms. The van der Waals surface area contributed by atoms with Gasteiger partial charge in [-0.3, -0.25) is 0 Å². The zero-order valence-corrected chi connectivity index (χ0v) is 11.7. The van der Waals surface area contributed by atoms with Crippen LogP contribution in [-0.4, -0.2) is 0 Å². The van der Waals surface area contributed by atoms with Crippen molar-refractivity contribution in [1.82, 2.24) is 0 Å². The number of aryl methyl sites for hydroxylation is 1. The average molecular weight is 228 g/mol. The van der Waals surface area contributed by atoms with Crippen molar-refractivity contribution in [3.8, 4) is 0 Å². The van der Waals surface area contributed by atoms with Crippen LogP contribution >= 0.6 is 0 Å². The highest BCUT2D eigenvalue weighted by Gasteiger charge is 2.64. The lowest BCUT2D eigenvalue weighted by Crippen LogP contribution is -2.00. The molecule has 1 fully saturated rings. The number of hydrogen-bond donors (Lipinski definition) is 0. The molecule has 2 rings (SSSR count). The largest absolute Gasteiger partial charge is 0.0797 e. The predicted octanol–water partition coefficient (Wildman–Crippen LogP) is 5.08. The first-order valence-corrected chi connectivity index (χ1v) is 6.66. The highest BCUT2D eigenvalue weighted by atomic mass is 14.7. The maximum Gasteiger partial charge on any atom is -0.0114 e.